The van der Waals surface area contributed by atoms with Crippen LogP contribution >= 0.6 is 0 Å². The first kappa shape index (κ1) is 20.2. The Hall–Kier alpha value is -0.0400. The molecule has 0 saturated heterocycles. The molecule has 0 radical (unpaired) electrons. The molecule has 0 bridgehead atoms. The molecule has 4 aliphatic rings. The smallest absolute Gasteiger partial charge is 0.00208 e. The van der Waals surface area contributed by atoms with Crippen molar-refractivity contribution in [1.29, 1.82) is 0 Å². The maximum absolute atomic E-state index is 3.43. The number of hydrogen-bond acceptors (Lipinski definition) is 1. The molecule has 1 heteroatoms. The molecule has 0 aromatic rings. The van der Waals surface area contributed by atoms with Crippen LogP contribution in [0.25, 0.3) is 0 Å². The molecule has 0 amide bonds. The van der Waals surface area contributed by atoms with Crippen LogP contribution in [0, 0.1) is 57.7 Å². The van der Waals surface area contributed by atoms with Crippen LogP contribution in [0.4, 0.5) is 0 Å². The highest BCUT2D eigenvalue weighted by Crippen LogP contribution is 2.71. The highest BCUT2D eigenvalue weighted by atomic mass is 14.8. The van der Waals surface area contributed by atoms with Crippen molar-refractivity contribution in [2.75, 3.05) is 13.6 Å². The predicted molar refractivity (Wildman–Crippen MR) is 117 cm³/mol. The molecular formula is C26H47N. The van der Waals surface area contributed by atoms with Gasteiger partial charge in [-0.2, -0.15) is 0 Å². The molecule has 0 spiro atoms. The third-order valence-corrected chi connectivity index (χ3v) is 10.2. The highest BCUT2D eigenvalue weighted by molar-refractivity contribution is 5.12. The minimum absolute atomic E-state index is 0.531. The Morgan fingerprint density at radius 1 is 0.889 bits per heavy atom. The van der Waals surface area contributed by atoms with Gasteiger partial charge >= 0.3 is 0 Å². The van der Waals surface area contributed by atoms with E-state index in [1.54, 1.807) is 6.42 Å². The van der Waals surface area contributed by atoms with Crippen molar-refractivity contribution in [3.8, 4) is 0 Å². The molecule has 0 aliphatic heterocycles. The zero-order valence-electron chi connectivity index (χ0n) is 19.4. The van der Waals surface area contributed by atoms with E-state index in [1.807, 2.05) is 0 Å². The number of hydrogen-bond donors (Lipinski definition) is 1. The van der Waals surface area contributed by atoms with Crippen molar-refractivity contribution < 1.29 is 0 Å². The lowest BCUT2D eigenvalue weighted by molar-refractivity contribution is 0.00417. The van der Waals surface area contributed by atoms with E-state index in [1.165, 1.54) is 51.5 Å². The van der Waals surface area contributed by atoms with E-state index in [0.29, 0.717) is 16.2 Å². The largest absolute Gasteiger partial charge is 0.319 e. The fourth-order valence-corrected chi connectivity index (χ4v) is 8.19. The third kappa shape index (κ3) is 3.76. The lowest BCUT2D eigenvalue weighted by Gasteiger charge is -2.49. The van der Waals surface area contributed by atoms with E-state index in [-0.39, 0.29) is 0 Å². The summed E-state index contributed by atoms with van der Waals surface area (Å²) in [5, 5.41) is 3.43. The number of nitrogens with one attached hydrogen (secondary N) is 1. The van der Waals surface area contributed by atoms with Gasteiger partial charge in [0.25, 0.3) is 0 Å². The van der Waals surface area contributed by atoms with Crippen LogP contribution in [-0.2, 0) is 0 Å². The van der Waals surface area contributed by atoms with E-state index >= 15 is 0 Å². The van der Waals surface area contributed by atoms with E-state index in [0.717, 1.165) is 41.4 Å². The monoisotopic (exact) mass is 373 g/mol. The first-order valence-corrected chi connectivity index (χ1v) is 12.2. The Kier molecular flexibility index (Phi) is 5.06. The maximum atomic E-state index is 3.43. The molecular weight excluding hydrogens is 326 g/mol. The van der Waals surface area contributed by atoms with Crippen molar-refractivity contribution in [1.82, 2.24) is 5.32 Å². The van der Waals surface area contributed by atoms with Gasteiger partial charge < -0.3 is 5.32 Å². The van der Waals surface area contributed by atoms with Crippen molar-refractivity contribution in [3.05, 3.63) is 0 Å². The first-order valence-electron chi connectivity index (χ1n) is 12.2. The molecule has 4 fully saturated rings. The average molecular weight is 374 g/mol. The van der Waals surface area contributed by atoms with Crippen LogP contribution in [0.15, 0.2) is 0 Å². The fourth-order valence-electron chi connectivity index (χ4n) is 8.19. The van der Waals surface area contributed by atoms with Gasteiger partial charge in [0.15, 0.2) is 0 Å². The first-order chi connectivity index (χ1) is 12.6. The normalized spacial score (nSPS) is 50.6. The Morgan fingerprint density at radius 2 is 1.63 bits per heavy atom. The summed E-state index contributed by atoms with van der Waals surface area (Å²) in [6.45, 7) is 17.0. The average Bonchev–Trinajstić information content (AvgIpc) is 3.42. The van der Waals surface area contributed by atoms with Gasteiger partial charge in [-0.15, -0.1) is 0 Å². The highest BCUT2D eigenvalue weighted by Gasteiger charge is 2.63. The Labute approximate surface area is 169 Å². The molecule has 0 aromatic heterocycles. The zero-order chi connectivity index (χ0) is 19.6. The standard InChI is InChI=1S/C26H47N/c1-17-10-23-22(8-9-24(2,3)14-17)26(6)15-21(26)13-20(25(23,4)5)12-18-11-19(18)16-27-7/h17-23,27H,8-16H2,1-7H3. The SMILES string of the molecule is CNCC1CC1CC1CC2CC2(C)C2CCC(C)(C)CC(C)CC2C1(C)C. The fraction of sp³-hybridized carbons (Fsp3) is 1.00. The molecule has 27 heavy (non-hydrogen) atoms. The second-order valence-electron chi connectivity index (χ2n) is 13.2. The summed E-state index contributed by atoms with van der Waals surface area (Å²) < 4.78 is 0. The second kappa shape index (κ2) is 6.75. The van der Waals surface area contributed by atoms with Gasteiger partial charge in [0.1, 0.15) is 0 Å². The van der Waals surface area contributed by atoms with Crippen LogP contribution in [-0.4, -0.2) is 13.6 Å². The molecule has 8 unspecified atom stereocenters. The van der Waals surface area contributed by atoms with Gasteiger partial charge in [0, 0.05) is 0 Å². The van der Waals surface area contributed by atoms with E-state index < -0.39 is 0 Å². The van der Waals surface area contributed by atoms with E-state index in [9.17, 15) is 0 Å². The summed E-state index contributed by atoms with van der Waals surface area (Å²) >= 11 is 0. The van der Waals surface area contributed by atoms with Crippen LogP contribution in [0.3, 0.4) is 0 Å². The predicted octanol–water partition coefficient (Wildman–Crippen LogP) is 6.77. The summed E-state index contributed by atoms with van der Waals surface area (Å²) in [4.78, 5) is 0. The van der Waals surface area contributed by atoms with Gasteiger partial charge in [0.2, 0.25) is 0 Å². The van der Waals surface area contributed by atoms with Crippen LogP contribution in [0.1, 0.15) is 92.9 Å². The van der Waals surface area contributed by atoms with Crippen LogP contribution < -0.4 is 5.32 Å². The molecule has 1 nitrogen and oxygen atoms in total. The topological polar surface area (TPSA) is 12.0 Å². The Balaban J connectivity index is 1.57. The lowest BCUT2D eigenvalue weighted by atomic mass is 9.56. The molecule has 156 valence electrons. The Bertz CT molecular complexity index is 548. The van der Waals surface area contributed by atoms with Crippen molar-refractivity contribution in [2.45, 2.75) is 92.9 Å². The molecule has 4 rings (SSSR count). The van der Waals surface area contributed by atoms with Crippen LogP contribution in [0.5, 0.6) is 0 Å². The molecule has 0 aromatic carbocycles. The Morgan fingerprint density at radius 3 is 2.33 bits per heavy atom. The van der Waals surface area contributed by atoms with Crippen molar-refractivity contribution >= 4 is 0 Å². The summed E-state index contributed by atoms with van der Waals surface area (Å²) in [7, 11) is 2.13. The summed E-state index contributed by atoms with van der Waals surface area (Å²) in [6, 6.07) is 0. The van der Waals surface area contributed by atoms with Gasteiger partial charge in [-0.25, -0.2) is 0 Å². The molecule has 1 N–H and O–H groups in total. The molecule has 4 aliphatic carbocycles. The number of fused-ring (bicyclic) bond motifs is 3. The minimum atomic E-state index is 0.531. The van der Waals surface area contributed by atoms with Gasteiger partial charge in [-0.3, -0.25) is 0 Å². The van der Waals surface area contributed by atoms with Gasteiger partial charge in [-0.1, -0.05) is 41.5 Å². The quantitative estimate of drug-likeness (QED) is 0.573. The lowest BCUT2D eigenvalue weighted by Crippen LogP contribution is -2.41. The van der Waals surface area contributed by atoms with Crippen LogP contribution in [0.2, 0.25) is 0 Å². The van der Waals surface area contributed by atoms with Gasteiger partial charge in [0.05, 0.1) is 0 Å². The van der Waals surface area contributed by atoms with Crippen molar-refractivity contribution in [3.63, 3.8) is 0 Å². The summed E-state index contributed by atoms with van der Waals surface area (Å²) in [5.41, 5.74) is 1.76. The van der Waals surface area contributed by atoms with Gasteiger partial charge in [-0.05, 0) is 123 Å². The van der Waals surface area contributed by atoms with Crippen molar-refractivity contribution in [2.24, 2.45) is 57.7 Å². The number of rotatable bonds is 4. The molecule has 8 atom stereocenters. The van der Waals surface area contributed by atoms with E-state index in [2.05, 4.69) is 53.9 Å². The third-order valence-electron chi connectivity index (χ3n) is 10.2. The minimum Gasteiger partial charge on any atom is -0.319 e. The maximum Gasteiger partial charge on any atom is -0.00208 e. The van der Waals surface area contributed by atoms with E-state index in [4.69, 9.17) is 0 Å². The summed E-state index contributed by atoms with van der Waals surface area (Å²) in [6.07, 6.45) is 12.0. The second-order valence-corrected chi connectivity index (χ2v) is 13.2. The zero-order valence-corrected chi connectivity index (χ0v) is 19.4. The molecule has 4 saturated carbocycles. The molecule has 0 heterocycles. The summed E-state index contributed by atoms with van der Waals surface area (Å²) in [5.74, 6) is 6.83.